The number of aliphatic hydroxyl groups excluding tert-OH is 1. The van der Waals surface area contributed by atoms with E-state index in [0.717, 1.165) is 21.3 Å². The molecule has 0 saturated heterocycles. The molecule has 0 bridgehead atoms. The highest BCUT2D eigenvalue weighted by atomic mass is 32.1. The van der Waals surface area contributed by atoms with E-state index in [4.69, 9.17) is 9.84 Å². The Morgan fingerprint density at radius 2 is 2.06 bits per heavy atom. The van der Waals surface area contributed by atoms with Gasteiger partial charge in [0.05, 0.1) is 27.2 Å². The van der Waals surface area contributed by atoms with Crippen LogP contribution in [0, 0.1) is 6.92 Å². The van der Waals surface area contributed by atoms with Crippen LogP contribution >= 0.6 is 11.3 Å². The van der Waals surface area contributed by atoms with Gasteiger partial charge in [-0.15, -0.1) is 11.3 Å². The average molecular weight is 439 g/mol. The number of pyridine rings is 1. The van der Waals surface area contributed by atoms with Crippen molar-refractivity contribution in [2.45, 2.75) is 6.92 Å². The van der Waals surface area contributed by atoms with E-state index < -0.39 is 0 Å². The van der Waals surface area contributed by atoms with Gasteiger partial charge in [0.2, 0.25) is 0 Å². The van der Waals surface area contributed by atoms with Gasteiger partial charge in [-0.05, 0) is 37.3 Å². The fourth-order valence-electron chi connectivity index (χ4n) is 3.44. The standard InChI is InChI=1S/C22H22N4O4S/c1-13-10-14-11-15(4-5-17(14)26(13)22(29)23-2)30-18-6-7-24-16-12-19(31-20(16)18)21(28)25(3)8-9-27/h4-7,10-12,27H,8-9H2,1-3H3,(H,23,29). The number of nitrogens with one attached hydrogen (secondary N) is 1. The minimum Gasteiger partial charge on any atom is -0.456 e. The quantitative estimate of drug-likeness (QED) is 0.496. The molecule has 31 heavy (non-hydrogen) atoms. The fraction of sp³-hybridized carbons (Fsp3) is 0.227. The number of fused-ring (bicyclic) bond motifs is 2. The zero-order valence-electron chi connectivity index (χ0n) is 17.4. The van der Waals surface area contributed by atoms with Crippen molar-refractivity contribution in [2.24, 2.45) is 0 Å². The van der Waals surface area contributed by atoms with E-state index in [1.54, 1.807) is 37.0 Å². The summed E-state index contributed by atoms with van der Waals surface area (Å²) >= 11 is 1.31. The lowest BCUT2D eigenvalue weighted by atomic mass is 10.2. The summed E-state index contributed by atoms with van der Waals surface area (Å²) in [5, 5.41) is 12.6. The van der Waals surface area contributed by atoms with Gasteiger partial charge >= 0.3 is 6.03 Å². The Balaban J connectivity index is 1.67. The topological polar surface area (TPSA) is 96.7 Å². The lowest BCUT2D eigenvalue weighted by molar-refractivity contribution is 0.0771. The molecule has 2 N–H and O–H groups in total. The molecule has 9 heteroatoms. The summed E-state index contributed by atoms with van der Waals surface area (Å²) in [5.41, 5.74) is 2.29. The van der Waals surface area contributed by atoms with Crippen molar-refractivity contribution in [3.8, 4) is 11.5 Å². The number of hydrogen-bond acceptors (Lipinski definition) is 6. The van der Waals surface area contributed by atoms with E-state index in [9.17, 15) is 9.59 Å². The van der Waals surface area contributed by atoms with E-state index >= 15 is 0 Å². The molecule has 0 aliphatic heterocycles. The minimum absolute atomic E-state index is 0.0939. The molecular weight excluding hydrogens is 416 g/mol. The van der Waals surface area contributed by atoms with Crippen LogP contribution in [0.2, 0.25) is 0 Å². The second-order valence-corrected chi connectivity index (χ2v) is 8.14. The lowest BCUT2D eigenvalue weighted by Gasteiger charge is -2.13. The first-order valence-electron chi connectivity index (χ1n) is 9.70. The smallest absolute Gasteiger partial charge is 0.325 e. The normalized spacial score (nSPS) is 11.1. The predicted molar refractivity (Wildman–Crippen MR) is 120 cm³/mol. The van der Waals surface area contributed by atoms with Crippen molar-refractivity contribution in [2.75, 3.05) is 27.2 Å². The number of amides is 2. The SMILES string of the molecule is CNC(=O)n1c(C)cc2cc(Oc3ccnc4cc(C(=O)N(C)CCO)sc34)ccc21. The number of aryl methyl sites for hydroxylation is 1. The Morgan fingerprint density at radius 1 is 1.26 bits per heavy atom. The summed E-state index contributed by atoms with van der Waals surface area (Å²) in [7, 11) is 3.25. The summed E-state index contributed by atoms with van der Waals surface area (Å²) in [6.07, 6.45) is 1.64. The van der Waals surface area contributed by atoms with Crippen LogP contribution in [0.15, 0.2) is 42.6 Å². The van der Waals surface area contributed by atoms with Crippen LogP contribution in [0.4, 0.5) is 4.79 Å². The molecule has 1 aromatic carbocycles. The van der Waals surface area contributed by atoms with Gasteiger partial charge in [-0.1, -0.05) is 0 Å². The highest BCUT2D eigenvalue weighted by molar-refractivity contribution is 7.21. The highest BCUT2D eigenvalue weighted by Crippen LogP contribution is 2.36. The van der Waals surface area contributed by atoms with E-state index in [2.05, 4.69) is 10.3 Å². The van der Waals surface area contributed by atoms with Gasteiger partial charge in [-0.3, -0.25) is 14.3 Å². The first-order chi connectivity index (χ1) is 14.9. The Morgan fingerprint density at radius 3 is 2.81 bits per heavy atom. The van der Waals surface area contributed by atoms with E-state index in [0.29, 0.717) is 21.9 Å². The molecule has 4 aromatic rings. The number of carbonyl (C=O) groups excluding carboxylic acids is 2. The van der Waals surface area contributed by atoms with Crippen LogP contribution in [0.1, 0.15) is 15.4 Å². The minimum atomic E-state index is -0.195. The third-order valence-corrected chi connectivity index (χ3v) is 6.10. The number of aliphatic hydroxyl groups is 1. The summed E-state index contributed by atoms with van der Waals surface area (Å²) < 4.78 is 8.51. The molecule has 8 nitrogen and oxygen atoms in total. The van der Waals surface area contributed by atoms with Crippen molar-refractivity contribution in [1.29, 1.82) is 0 Å². The lowest BCUT2D eigenvalue weighted by Crippen LogP contribution is -2.28. The second-order valence-electron chi connectivity index (χ2n) is 7.08. The molecule has 0 aliphatic carbocycles. The molecule has 2 amide bonds. The number of thiophene rings is 1. The monoisotopic (exact) mass is 438 g/mol. The van der Waals surface area contributed by atoms with E-state index in [1.807, 2.05) is 31.2 Å². The van der Waals surface area contributed by atoms with Gasteiger partial charge in [-0.25, -0.2) is 4.79 Å². The van der Waals surface area contributed by atoms with Crippen LogP contribution in [-0.4, -0.2) is 58.7 Å². The zero-order valence-corrected chi connectivity index (χ0v) is 18.2. The van der Waals surface area contributed by atoms with Gasteiger partial charge < -0.3 is 20.1 Å². The maximum atomic E-state index is 12.6. The fourth-order valence-corrected chi connectivity index (χ4v) is 4.50. The number of ether oxygens (including phenoxy) is 1. The molecule has 0 radical (unpaired) electrons. The predicted octanol–water partition coefficient (Wildman–Crippen LogP) is 3.60. The molecule has 4 rings (SSSR count). The Bertz CT molecular complexity index is 1290. The van der Waals surface area contributed by atoms with Crippen molar-refractivity contribution in [3.05, 3.63) is 53.2 Å². The first kappa shape index (κ1) is 20.8. The number of nitrogens with zero attached hydrogens (tertiary/aromatic N) is 3. The first-order valence-corrected chi connectivity index (χ1v) is 10.5. The molecule has 0 saturated carbocycles. The molecule has 160 valence electrons. The van der Waals surface area contributed by atoms with Crippen molar-refractivity contribution in [1.82, 2.24) is 19.8 Å². The van der Waals surface area contributed by atoms with Crippen LogP contribution in [-0.2, 0) is 0 Å². The Kier molecular flexibility index (Phi) is 5.62. The molecule has 0 atom stereocenters. The van der Waals surface area contributed by atoms with Gasteiger partial charge in [0, 0.05) is 44.0 Å². The molecule has 0 aliphatic rings. The van der Waals surface area contributed by atoms with Crippen LogP contribution in [0.25, 0.3) is 21.1 Å². The van der Waals surface area contributed by atoms with Crippen molar-refractivity contribution < 1.29 is 19.4 Å². The molecule has 3 aromatic heterocycles. The van der Waals surface area contributed by atoms with Gasteiger partial charge in [0.15, 0.2) is 0 Å². The largest absolute Gasteiger partial charge is 0.456 e. The van der Waals surface area contributed by atoms with Crippen LogP contribution < -0.4 is 10.1 Å². The third kappa shape index (κ3) is 3.85. The number of aromatic nitrogens is 2. The van der Waals surface area contributed by atoms with Gasteiger partial charge in [-0.2, -0.15) is 0 Å². The molecule has 0 unspecified atom stereocenters. The highest BCUT2D eigenvalue weighted by Gasteiger charge is 2.18. The molecule has 0 spiro atoms. The third-order valence-electron chi connectivity index (χ3n) is 4.97. The zero-order chi connectivity index (χ0) is 22.1. The van der Waals surface area contributed by atoms with Crippen LogP contribution in [0.3, 0.4) is 0 Å². The van der Waals surface area contributed by atoms with Crippen molar-refractivity contribution in [3.63, 3.8) is 0 Å². The maximum Gasteiger partial charge on any atom is 0.325 e. The Labute approximate surface area is 182 Å². The number of hydrogen-bond donors (Lipinski definition) is 2. The number of benzene rings is 1. The van der Waals surface area contributed by atoms with E-state index in [1.165, 1.54) is 16.2 Å². The number of carbonyl (C=O) groups is 2. The molecular formula is C22H22N4O4S. The summed E-state index contributed by atoms with van der Waals surface area (Å²) in [6.45, 7) is 2.04. The number of rotatable bonds is 5. The Hall–Kier alpha value is -3.43. The number of likely N-dealkylation sites (N-methyl/N-ethyl adjacent to an activating group) is 1. The van der Waals surface area contributed by atoms with Gasteiger partial charge in [0.1, 0.15) is 11.5 Å². The summed E-state index contributed by atoms with van der Waals surface area (Å²) in [5.74, 6) is 1.05. The van der Waals surface area contributed by atoms with E-state index in [-0.39, 0.29) is 25.1 Å². The average Bonchev–Trinajstić information content (AvgIpc) is 3.33. The van der Waals surface area contributed by atoms with Gasteiger partial charge in [0.25, 0.3) is 5.91 Å². The molecule has 3 heterocycles. The maximum absolute atomic E-state index is 12.6. The van der Waals surface area contributed by atoms with Crippen molar-refractivity contribution >= 4 is 44.4 Å². The molecule has 0 fully saturated rings. The summed E-state index contributed by atoms with van der Waals surface area (Å²) in [4.78, 5) is 31.1. The second kappa shape index (κ2) is 8.37. The summed E-state index contributed by atoms with van der Waals surface area (Å²) in [6, 6.07) is 10.8. The van der Waals surface area contributed by atoms with Crippen LogP contribution in [0.5, 0.6) is 11.5 Å².